The van der Waals surface area contributed by atoms with Gasteiger partial charge < -0.3 is 5.32 Å². The summed E-state index contributed by atoms with van der Waals surface area (Å²) < 4.78 is 38.7. The molecule has 2 aliphatic heterocycles. The molecule has 0 aromatic heterocycles. The molecule has 5 heteroatoms. The van der Waals surface area contributed by atoms with Crippen LogP contribution in [-0.4, -0.2) is 42.8 Å². The Labute approximate surface area is 94.2 Å². The van der Waals surface area contributed by atoms with Crippen LogP contribution in [0.4, 0.5) is 13.2 Å². The molecule has 2 rings (SSSR count). The van der Waals surface area contributed by atoms with Crippen LogP contribution in [0.1, 0.15) is 32.1 Å². The molecule has 2 fully saturated rings. The van der Waals surface area contributed by atoms with E-state index in [1.54, 1.807) is 4.90 Å². The highest BCUT2D eigenvalue weighted by molar-refractivity contribution is 4.89. The maximum absolute atomic E-state index is 12.9. The summed E-state index contributed by atoms with van der Waals surface area (Å²) in [6, 6.07) is -1.06. The van der Waals surface area contributed by atoms with Gasteiger partial charge in [-0.05, 0) is 45.3 Å². The standard InChI is InChI=1S/C11H19F3N2/c12-11(13,14)10-3-1-2-8-16(10)9-4-6-15-7-5-9/h9-10,15H,1-8H2/t10-/m1/s1. The van der Waals surface area contributed by atoms with Crippen LogP contribution in [0.25, 0.3) is 0 Å². The molecule has 0 unspecified atom stereocenters. The number of hydrogen-bond acceptors (Lipinski definition) is 2. The van der Waals surface area contributed by atoms with Crippen molar-refractivity contribution in [2.45, 2.75) is 50.4 Å². The topological polar surface area (TPSA) is 15.3 Å². The summed E-state index contributed by atoms with van der Waals surface area (Å²) in [6.45, 7) is 2.33. The van der Waals surface area contributed by atoms with Gasteiger partial charge in [-0.3, -0.25) is 4.90 Å². The van der Waals surface area contributed by atoms with Gasteiger partial charge in [0.05, 0.1) is 0 Å². The van der Waals surface area contributed by atoms with Crippen molar-refractivity contribution in [1.29, 1.82) is 0 Å². The number of piperidine rings is 2. The third-order valence-electron chi connectivity index (χ3n) is 3.70. The van der Waals surface area contributed by atoms with Gasteiger partial charge in [0, 0.05) is 6.04 Å². The molecule has 0 amide bonds. The van der Waals surface area contributed by atoms with E-state index in [1.165, 1.54) is 0 Å². The first-order valence-electron chi connectivity index (χ1n) is 6.12. The van der Waals surface area contributed by atoms with Gasteiger partial charge in [0.15, 0.2) is 0 Å². The molecule has 0 bridgehead atoms. The van der Waals surface area contributed by atoms with Crippen molar-refractivity contribution >= 4 is 0 Å². The van der Waals surface area contributed by atoms with E-state index in [1.807, 2.05) is 0 Å². The normalized spacial score (nSPS) is 30.6. The fourth-order valence-corrected chi connectivity index (χ4v) is 2.88. The van der Waals surface area contributed by atoms with Crippen molar-refractivity contribution in [3.63, 3.8) is 0 Å². The maximum atomic E-state index is 12.9. The summed E-state index contributed by atoms with van der Waals surface area (Å²) in [5.41, 5.74) is 0. The minimum absolute atomic E-state index is 0.133. The van der Waals surface area contributed by atoms with Gasteiger partial charge in [0.25, 0.3) is 0 Å². The number of rotatable bonds is 1. The number of alkyl halides is 3. The first kappa shape index (κ1) is 12.2. The highest BCUT2D eigenvalue weighted by atomic mass is 19.4. The van der Waals surface area contributed by atoms with Gasteiger partial charge in [-0.15, -0.1) is 0 Å². The molecule has 0 aliphatic carbocycles. The summed E-state index contributed by atoms with van der Waals surface area (Å²) in [7, 11) is 0. The number of halogens is 3. The smallest absolute Gasteiger partial charge is 0.317 e. The lowest BCUT2D eigenvalue weighted by Gasteiger charge is -2.43. The Bertz CT molecular complexity index is 224. The van der Waals surface area contributed by atoms with Crippen LogP contribution in [0.15, 0.2) is 0 Å². The average Bonchev–Trinajstić information content (AvgIpc) is 2.29. The SMILES string of the molecule is FC(F)(F)[C@H]1CCCCN1C1CCNCC1. The van der Waals surface area contributed by atoms with E-state index in [2.05, 4.69) is 5.32 Å². The van der Waals surface area contributed by atoms with Gasteiger partial charge in [0.1, 0.15) is 6.04 Å². The van der Waals surface area contributed by atoms with E-state index in [-0.39, 0.29) is 12.5 Å². The summed E-state index contributed by atoms with van der Waals surface area (Å²) in [6.07, 6.45) is -0.431. The highest BCUT2D eigenvalue weighted by Crippen LogP contribution is 2.34. The lowest BCUT2D eigenvalue weighted by atomic mass is 9.95. The Kier molecular flexibility index (Phi) is 3.74. The molecule has 2 aliphatic rings. The zero-order valence-electron chi connectivity index (χ0n) is 9.39. The molecule has 0 aromatic carbocycles. The van der Waals surface area contributed by atoms with Crippen molar-refractivity contribution in [2.24, 2.45) is 0 Å². The summed E-state index contributed by atoms with van der Waals surface area (Å²) in [4.78, 5) is 1.71. The van der Waals surface area contributed by atoms with Gasteiger partial charge in [-0.2, -0.15) is 13.2 Å². The highest BCUT2D eigenvalue weighted by Gasteiger charge is 2.46. The molecule has 2 heterocycles. The van der Waals surface area contributed by atoms with E-state index in [0.29, 0.717) is 13.0 Å². The van der Waals surface area contributed by atoms with Gasteiger partial charge in [-0.1, -0.05) is 6.42 Å². The number of nitrogens with one attached hydrogen (secondary N) is 1. The Morgan fingerprint density at radius 2 is 1.69 bits per heavy atom. The second-order valence-corrected chi connectivity index (χ2v) is 4.77. The average molecular weight is 236 g/mol. The van der Waals surface area contributed by atoms with Gasteiger partial charge in [0.2, 0.25) is 0 Å². The number of hydrogen-bond donors (Lipinski definition) is 1. The van der Waals surface area contributed by atoms with Crippen molar-refractivity contribution in [3.05, 3.63) is 0 Å². The molecule has 16 heavy (non-hydrogen) atoms. The van der Waals surface area contributed by atoms with Crippen LogP contribution in [0.3, 0.4) is 0 Å². The van der Waals surface area contributed by atoms with Gasteiger partial charge in [-0.25, -0.2) is 0 Å². The molecule has 1 atom stereocenters. The second-order valence-electron chi connectivity index (χ2n) is 4.77. The predicted molar refractivity (Wildman–Crippen MR) is 56.3 cm³/mol. The Balaban J connectivity index is 2.03. The van der Waals surface area contributed by atoms with Crippen molar-refractivity contribution in [1.82, 2.24) is 10.2 Å². The Morgan fingerprint density at radius 1 is 1.00 bits per heavy atom. The third kappa shape index (κ3) is 2.69. The minimum atomic E-state index is -4.05. The molecule has 2 nitrogen and oxygen atoms in total. The largest absolute Gasteiger partial charge is 0.404 e. The first-order chi connectivity index (χ1) is 7.59. The monoisotopic (exact) mass is 236 g/mol. The molecule has 94 valence electrons. The van der Waals surface area contributed by atoms with Crippen molar-refractivity contribution in [2.75, 3.05) is 19.6 Å². The van der Waals surface area contributed by atoms with Crippen LogP contribution >= 0.6 is 0 Å². The van der Waals surface area contributed by atoms with E-state index < -0.39 is 12.2 Å². The van der Waals surface area contributed by atoms with Crippen LogP contribution in [0.2, 0.25) is 0 Å². The molecular formula is C11H19F3N2. The quantitative estimate of drug-likeness (QED) is 0.750. The number of nitrogens with zero attached hydrogens (tertiary/aromatic N) is 1. The summed E-state index contributed by atoms with van der Waals surface area (Å²) in [5.74, 6) is 0. The van der Waals surface area contributed by atoms with Crippen molar-refractivity contribution in [3.8, 4) is 0 Å². The van der Waals surface area contributed by atoms with E-state index in [0.717, 1.165) is 32.4 Å². The fourth-order valence-electron chi connectivity index (χ4n) is 2.88. The summed E-state index contributed by atoms with van der Waals surface area (Å²) >= 11 is 0. The van der Waals surface area contributed by atoms with Crippen LogP contribution in [0.5, 0.6) is 0 Å². The van der Waals surface area contributed by atoms with Crippen LogP contribution in [0, 0.1) is 0 Å². The van der Waals surface area contributed by atoms with Crippen LogP contribution < -0.4 is 5.32 Å². The van der Waals surface area contributed by atoms with Crippen LogP contribution in [-0.2, 0) is 0 Å². The predicted octanol–water partition coefficient (Wildman–Crippen LogP) is 2.16. The molecule has 0 spiro atoms. The van der Waals surface area contributed by atoms with E-state index in [4.69, 9.17) is 0 Å². The molecule has 0 aromatic rings. The Morgan fingerprint density at radius 3 is 2.31 bits per heavy atom. The molecule has 2 saturated heterocycles. The zero-order valence-corrected chi connectivity index (χ0v) is 9.39. The molecule has 0 radical (unpaired) electrons. The maximum Gasteiger partial charge on any atom is 0.404 e. The van der Waals surface area contributed by atoms with Gasteiger partial charge >= 0.3 is 6.18 Å². The first-order valence-corrected chi connectivity index (χ1v) is 6.12. The molecule has 0 saturated carbocycles. The third-order valence-corrected chi connectivity index (χ3v) is 3.70. The van der Waals surface area contributed by atoms with Crippen molar-refractivity contribution < 1.29 is 13.2 Å². The number of likely N-dealkylation sites (tertiary alicyclic amines) is 1. The van der Waals surface area contributed by atoms with E-state index >= 15 is 0 Å². The fraction of sp³-hybridized carbons (Fsp3) is 1.00. The minimum Gasteiger partial charge on any atom is -0.317 e. The lowest BCUT2D eigenvalue weighted by Crippen LogP contribution is -2.55. The molecule has 1 N–H and O–H groups in total. The Hall–Kier alpha value is -0.290. The summed E-state index contributed by atoms with van der Waals surface area (Å²) in [5, 5.41) is 3.20. The second kappa shape index (κ2) is 4.92. The zero-order chi connectivity index (χ0) is 11.6. The molecular weight excluding hydrogens is 217 g/mol. The van der Waals surface area contributed by atoms with E-state index in [9.17, 15) is 13.2 Å². The lowest BCUT2D eigenvalue weighted by molar-refractivity contribution is -0.198.